The number of hydrogen-bond donors (Lipinski definition) is 2. The van der Waals surface area contributed by atoms with Crippen LogP contribution in [0.1, 0.15) is 15.9 Å². The van der Waals surface area contributed by atoms with Crippen molar-refractivity contribution < 1.29 is 9.53 Å². The molecule has 1 aromatic heterocycles. The molecular weight excluding hydrogens is 230 g/mol. The lowest BCUT2D eigenvalue weighted by Gasteiger charge is -2.06. The zero-order chi connectivity index (χ0) is 12.8. The molecule has 1 amide bonds. The van der Waals surface area contributed by atoms with Crippen molar-refractivity contribution in [3.8, 4) is 5.75 Å². The molecule has 1 heterocycles. The van der Waals surface area contributed by atoms with Gasteiger partial charge in [0.2, 0.25) is 0 Å². The number of rotatable bonds is 4. The second kappa shape index (κ2) is 5.79. The minimum atomic E-state index is -0.325. The van der Waals surface area contributed by atoms with Gasteiger partial charge in [-0.2, -0.15) is 0 Å². The predicted octanol–water partition coefficient (Wildman–Crippen LogP) is 1.26. The van der Waals surface area contributed by atoms with Crippen molar-refractivity contribution in [2.24, 2.45) is 5.84 Å². The van der Waals surface area contributed by atoms with Crippen molar-refractivity contribution in [2.45, 2.75) is 6.61 Å². The Balaban J connectivity index is 1.97. The average molecular weight is 243 g/mol. The highest BCUT2D eigenvalue weighted by molar-refractivity contribution is 5.93. The fourth-order valence-electron chi connectivity index (χ4n) is 1.44. The molecule has 0 saturated carbocycles. The Morgan fingerprint density at radius 1 is 1.28 bits per heavy atom. The number of hydrazine groups is 1. The van der Waals surface area contributed by atoms with Crippen molar-refractivity contribution in [1.29, 1.82) is 0 Å². The van der Waals surface area contributed by atoms with Crippen LogP contribution in [0.25, 0.3) is 0 Å². The third-order valence-corrected chi connectivity index (χ3v) is 2.38. The van der Waals surface area contributed by atoms with Gasteiger partial charge in [0.15, 0.2) is 0 Å². The van der Waals surface area contributed by atoms with Crippen molar-refractivity contribution in [2.75, 3.05) is 0 Å². The summed E-state index contributed by atoms with van der Waals surface area (Å²) in [7, 11) is 0. The zero-order valence-electron chi connectivity index (χ0n) is 9.67. The maximum Gasteiger partial charge on any atom is 0.265 e. The smallest absolute Gasteiger partial charge is 0.265 e. The molecule has 0 spiro atoms. The minimum absolute atomic E-state index is 0.325. The summed E-state index contributed by atoms with van der Waals surface area (Å²) in [5.74, 6) is 5.40. The molecule has 1 aromatic carbocycles. The van der Waals surface area contributed by atoms with Gasteiger partial charge >= 0.3 is 0 Å². The highest BCUT2D eigenvalue weighted by Gasteiger charge is 2.03. The van der Waals surface area contributed by atoms with Crippen LogP contribution in [-0.4, -0.2) is 10.9 Å². The van der Waals surface area contributed by atoms with Gasteiger partial charge in [0, 0.05) is 23.5 Å². The van der Waals surface area contributed by atoms with E-state index in [-0.39, 0.29) is 5.91 Å². The first kappa shape index (κ1) is 12.1. The molecule has 5 heteroatoms. The van der Waals surface area contributed by atoms with E-state index in [4.69, 9.17) is 10.6 Å². The summed E-state index contributed by atoms with van der Waals surface area (Å²) in [5.41, 5.74) is 3.55. The summed E-state index contributed by atoms with van der Waals surface area (Å²) >= 11 is 0. The van der Waals surface area contributed by atoms with E-state index in [0.29, 0.717) is 17.9 Å². The van der Waals surface area contributed by atoms with Gasteiger partial charge in [-0.15, -0.1) is 0 Å². The number of ether oxygens (including phenoxy) is 1. The van der Waals surface area contributed by atoms with Crippen LogP contribution in [0.3, 0.4) is 0 Å². The molecule has 92 valence electrons. The summed E-state index contributed by atoms with van der Waals surface area (Å²) in [6, 6.07) is 10.5. The van der Waals surface area contributed by atoms with Crippen LogP contribution in [0.5, 0.6) is 5.75 Å². The molecular formula is C13H13N3O2. The molecule has 0 aliphatic rings. The summed E-state index contributed by atoms with van der Waals surface area (Å²) in [6.45, 7) is 0.441. The highest BCUT2D eigenvalue weighted by atomic mass is 16.5. The van der Waals surface area contributed by atoms with Crippen LogP contribution in [0.4, 0.5) is 0 Å². The zero-order valence-corrected chi connectivity index (χ0v) is 9.67. The van der Waals surface area contributed by atoms with E-state index >= 15 is 0 Å². The molecule has 5 nitrogen and oxygen atoms in total. The number of nitrogens with one attached hydrogen (secondary N) is 1. The molecule has 2 aromatic rings. The lowest BCUT2D eigenvalue weighted by molar-refractivity contribution is 0.0953. The van der Waals surface area contributed by atoms with Crippen molar-refractivity contribution in [1.82, 2.24) is 10.4 Å². The third-order valence-electron chi connectivity index (χ3n) is 2.38. The summed E-state index contributed by atoms with van der Waals surface area (Å²) in [5, 5.41) is 0. The lowest BCUT2D eigenvalue weighted by atomic mass is 10.2. The maximum atomic E-state index is 11.2. The van der Waals surface area contributed by atoms with Crippen LogP contribution in [0.2, 0.25) is 0 Å². The number of nitrogen functional groups attached to an aromatic ring is 1. The standard InChI is InChI=1S/C13H13N3O2/c14-16-13(17)11-3-5-12(6-4-11)18-9-10-2-1-7-15-8-10/h1-8H,9,14H2,(H,16,17). The summed E-state index contributed by atoms with van der Waals surface area (Å²) < 4.78 is 5.56. The number of carbonyl (C=O) groups excluding carboxylic acids is 1. The molecule has 0 atom stereocenters. The van der Waals surface area contributed by atoms with Gasteiger partial charge in [0.25, 0.3) is 5.91 Å². The Kier molecular flexibility index (Phi) is 3.88. The Morgan fingerprint density at radius 2 is 2.06 bits per heavy atom. The first-order valence-electron chi connectivity index (χ1n) is 5.42. The van der Waals surface area contributed by atoms with E-state index in [9.17, 15) is 4.79 Å². The number of benzene rings is 1. The fraction of sp³-hybridized carbons (Fsp3) is 0.0769. The molecule has 18 heavy (non-hydrogen) atoms. The maximum absolute atomic E-state index is 11.2. The number of amides is 1. The van der Waals surface area contributed by atoms with Crippen molar-refractivity contribution in [3.63, 3.8) is 0 Å². The number of carbonyl (C=O) groups is 1. The SMILES string of the molecule is NNC(=O)c1ccc(OCc2cccnc2)cc1. The van der Waals surface area contributed by atoms with Gasteiger partial charge in [-0.3, -0.25) is 15.2 Å². The van der Waals surface area contributed by atoms with Gasteiger partial charge in [-0.05, 0) is 30.3 Å². The molecule has 0 radical (unpaired) electrons. The summed E-state index contributed by atoms with van der Waals surface area (Å²) in [6.07, 6.45) is 3.46. The van der Waals surface area contributed by atoms with Crippen molar-refractivity contribution >= 4 is 5.91 Å². The van der Waals surface area contributed by atoms with E-state index in [1.165, 1.54) is 0 Å². The van der Waals surface area contributed by atoms with Crippen LogP contribution < -0.4 is 16.0 Å². The van der Waals surface area contributed by atoms with Gasteiger partial charge < -0.3 is 4.74 Å². The van der Waals surface area contributed by atoms with Gasteiger partial charge in [0.1, 0.15) is 12.4 Å². The van der Waals surface area contributed by atoms with E-state index < -0.39 is 0 Å². The first-order valence-corrected chi connectivity index (χ1v) is 5.42. The normalized spacial score (nSPS) is 9.83. The summed E-state index contributed by atoms with van der Waals surface area (Å²) in [4.78, 5) is 15.2. The Hall–Kier alpha value is -2.40. The Bertz CT molecular complexity index is 512. The predicted molar refractivity (Wildman–Crippen MR) is 66.7 cm³/mol. The van der Waals surface area contributed by atoms with E-state index in [1.54, 1.807) is 36.7 Å². The third kappa shape index (κ3) is 3.05. The molecule has 0 aliphatic carbocycles. The second-order valence-electron chi connectivity index (χ2n) is 3.65. The molecule has 0 fully saturated rings. The number of nitrogens with two attached hydrogens (primary N) is 1. The molecule has 3 N–H and O–H groups in total. The molecule has 0 aliphatic heterocycles. The monoisotopic (exact) mass is 243 g/mol. The lowest BCUT2D eigenvalue weighted by Crippen LogP contribution is -2.29. The average Bonchev–Trinajstić information content (AvgIpc) is 2.46. The Morgan fingerprint density at radius 3 is 2.67 bits per heavy atom. The number of hydrogen-bond acceptors (Lipinski definition) is 4. The van der Waals surface area contributed by atoms with Crippen LogP contribution in [0.15, 0.2) is 48.8 Å². The van der Waals surface area contributed by atoms with E-state index in [0.717, 1.165) is 5.56 Å². The quantitative estimate of drug-likeness (QED) is 0.481. The van der Waals surface area contributed by atoms with Crippen LogP contribution in [-0.2, 0) is 6.61 Å². The van der Waals surface area contributed by atoms with Crippen LogP contribution in [0, 0.1) is 0 Å². The van der Waals surface area contributed by atoms with E-state index in [1.807, 2.05) is 12.1 Å². The molecule has 0 bridgehead atoms. The number of aromatic nitrogens is 1. The second-order valence-corrected chi connectivity index (χ2v) is 3.65. The molecule has 2 rings (SSSR count). The molecule has 0 saturated heterocycles. The minimum Gasteiger partial charge on any atom is -0.489 e. The highest BCUT2D eigenvalue weighted by Crippen LogP contribution is 2.13. The first-order chi connectivity index (χ1) is 8.79. The largest absolute Gasteiger partial charge is 0.489 e. The number of nitrogens with zero attached hydrogens (tertiary/aromatic N) is 1. The fourth-order valence-corrected chi connectivity index (χ4v) is 1.44. The van der Waals surface area contributed by atoms with Gasteiger partial charge in [0.05, 0.1) is 0 Å². The Labute approximate surface area is 105 Å². The van der Waals surface area contributed by atoms with Crippen molar-refractivity contribution in [3.05, 3.63) is 59.9 Å². The van der Waals surface area contributed by atoms with Crippen LogP contribution >= 0.6 is 0 Å². The van der Waals surface area contributed by atoms with Gasteiger partial charge in [-0.1, -0.05) is 6.07 Å². The molecule has 0 unspecified atom stereocenters. The van der Waals surface area contributed by atoms with E-state index in [2.05, 4.69) is 10.4 Å². The van der Waals surface area contributed by atoms with Gasteiger partial charge in [-0.25, -0.2) is 5.84 Å². The topological polar surface area (TPSA) is 77.2 Å². The number of pyridine rings is 1.